The van der Waals surface area contributed by atoms with E-state index in [4.69, 9.17) is 4.74 Å². The quantitative estimate of drug-likeness (QED) is 0.859. The highest BCUT2D eigenvalue weighted by molar-refractivity contribution is 5.90. The van der Waals surface area contributed by atoms with Gasteiger partial charge in [-0.3, -0.25) is 9.59 Å². The average molecular weight is 296 g/mol. The second kappa shape index (κ2) is 6.77. The first-order valence-electron chi connectivity index (χ1n) is 8.07. The zero-order valence-corrected chi connectivity index (χ0v) is 13.5. The molecule has 21 heavy (non-hydrogen) atoms. The van der Waals surface area contributed by atoms with Gasteiger partial charge in [-0.15, -0.1) is 0 Å². The number of carbonyl (C=O) groups excluding carboxylic acids is 2. The van der Waals surface area contributed by atoms with E-state index in [1.54, 1.807) is 4.90 Å². The van der Waals surface area contributed by atoms with Crippen LogP contribution < -0.4 is 5.32 Å². The summed E-state index contributed by atoms with van der Waals surface area (Å²) in [6, 6.07) is -0.445. The van der Waals surface area contributed by atoms with Crippen molar-refractivity contribution < 1.29 is 14.3 Å². The van der Waals surface area contributed by atoms with Crippen LogP contribution in [0.15, 0.2) is 0 Å². The molecule has 0 aromatic rings. The Hall–Kier alpha value is -1.10. The van der Waals surface area contributed by atoms with Crippen LogP contribution in [0.5, 0.6) is 0 Å². The van der Waals surface area contributed by atoms with Gasteiger partial charge < -0.3 is 15.0 Å². The summed E-state index contributed by atoms with van der Waals surface area (Å²) in [7, 11) is 0. The Bertz CT molecular complexity index is 383. The molecule has 1 heterocycles. The number of carbonyl (C=O) groups is 2. The van der Waals surface area contributed by atoms with Crippen LogP contribution in [0.4, 0.5) is 0 Å². The van der Waals surface area contributed by atoms with Crippen molar-refractivity contribution in [1.29, 1.82) is 0 Å². The number of hydrogen-bond acceptors (Lipinski definition) is 3. The molecular weight excluding hydrogens is 268 g/mol. The summed E-state index contributed by atoms with van der Waals surface area (Å²) in [4.78, 5) is 26.2. The van der Waals surface area contributed by atoms with Crippen LogP contribution in [0.25, 0.3) is 0 Å². The summed E-state index contributed by atoms with van der Waals surface area (Å²) in [5.41, 5.74) is -0.276. The molecule has 1 saturated heterocycles. The lowest BCUT2D eigenvalue weighted by molar-refractivity contribution is -0.137. The van der Waals surface area contributed by atoms with Gasteiger partial charge in [0.05, 0.1) is 12.7 Å². The van der Waals surface area contributed by atoms with Crippen molar-refractivity contribution >= 4 is 11.8 Å². The molecule has 1 N–H and O–H groups in total. The lowest BCUT2D eigenvalue weighted by Gasteiger charge is -2.32. The first-order valence-corrected chi connectivity index (χ1v) is 8.07. The minimum absolute atomic E-state index is 0.0170. The predicted octanol–water partition coefficient (Wildman–Crippen LogP) is 1.71. The van der Waals surface area contributed by atoms with Gasteiger partial charge in [0, 0.05) is 19.5 Å². The van der Waals surface area contributed by atoms with Crippen molar-refractivity contribution in [3.63, 3.8) is 0 Å². The molecule has 1 aliphatic heterocycles. The van der Waals surface area contributed by atoms with Crippen LogP contribution in [0.3, 0.4) is 0 Å². The SMILES string of the molecule is CC(C)(C)C1NC(=O)CCN(CCOC2CCCC2)C1=O. The minimum Gasteiger partial charge on any atom is -0.376 e. The van der Waals surface area contributed by atoms with Gasteiger partial charge in [-0.05, 0) is 18.3 Å². The van der Waals surface area contributed by atoms with Crippen LogP contribution >= 0.6 is 0 Å². The number of rotatable bonds is 4. The van der Waals surface area contributed by atoms with Crippen molar-refractivity contribution in [1.82, 2.24) is 10.2 Å². The lowest BCUT2D eigenvalue weighted by Crippen LogP contribution is -2.52. The molecule has 2 fully saturated rings. The van der Waals surface area contributed by atoms with Crippen LogP contribution in [0, 0.1) is 5.41 Å². The van der Waals surface area contributed by atoms with Crippen molar-refractivity contribution in [2.45, 2.75) is 65.0 Å². The summed E-state index contributed by atoms with van der Waals surface area (Å²) >= 11 is 0. The molecule has 0 aromatic heterocycles. The molecule has 0 spiro atoms. The first kappa shape index (κ1) is 16.3. The average Bonchev–Trinajstić information content (AvgIpc) is 2.86. The van der Waals surface area contributed by atoms with Gasteiger partial charge in [-0.25, -0.2) is 0 Å². The summed E-state index contributed by atoms with van der Waals surface area (Å²) in [6.45, 7) is 7.58. The van der Waals surface area contributed by atoms with Crippen LogP contribution in [0.2, 0.25) is 0 Å². The monoisotopic (exact) mass is 296 g/mol. The van der Waals surface area contributed by atoms with Gasteiger partial charge in [-0.1, -0.05) is 33.6 Å². The predicted molar refractivity (Wildman–Crippen MR) is 80.8 cm³/mol. The zero-order valence-electron chi connectivity index (χ0n) is 13.5. The van der Waals surface area contributed by atoms with Gasteiger partial charge in [0.25, 0.3) is 0 Å². The molecule has 0 radical (unpaired) electrons. The molecule has 5 nitrogen and oxygen atoms in total. The van der Waals surface area contributed by atoms with E-state index < -0.39 is 6.04 Å². The smallest absolute Gasteiger partial charge is 0.245 e. The maximum atomic E-state index is 12.6. The molecule has 1 aliphatic carbocycles. The van der Waals surface area contributed by atoms with Crippen LogP contribution in [-0.4, -0.2) is 48.6 Å². The fourth-order valence-corrected chi connectivity index (χ4v) is 3.02. The zero-order chi connectivity index (χ0) is 15.5. The van der Waals surface area contributed by atoms with Gasteiger partial charge in [0.1, 0.15) is 6.04 Å². The van der Waals surface area contributed by atoms with Crippen LogP contribution in [0.1, 0.15) is 52.9 Å². The molecule has 2 rings (SSSR count). The maximum Gasteiger partial charge on any atom is 0.245 e. The fourth-order valence-electron chi connectivity index (χ4n) is 3.02. The lowest BCUT2D eigenvalue weighted by atomic mass is 9.86. The molecular formula is C16H28N2O3. The highest BCUT2D eigenvalue weighted by atomic mass is 16.5. The van der Waals surface area contributed by atoms with E-state index in [0.717, 1.165) is 12.8 Å². The molecule has 5 heteroatoms. The summed E-state index contributed by atoms with van der Waals surface area (Å²) in [5, 5.41) is 2.86. The molecule has 120 valence electrons. The third-order valence-corrected chi connectivity index (χ3v) is 4.36. The number of amides is 2. The fraction of sp³-hybridized carbons (Fsp3) is 0.875. The first-order chi connectivity index (χ1) is 9.88. The molecule has 2 aliphatic rings. The van der Waals surface area contributed by atoms with E-state index in [0.29, 0.717) is 32.2 Å². The van der Waals surface area contributed by atoms with Gasteiger partial charge in [0.15, 0.2) is 0 Å². The molecule has 1 saturated carbocycles. The largest absolute Gasteiger partial charge is 0.376 e. The van der Waals surface area contributed by atoms with E-state index in [1.807, 2.05) is 20.8 Å². The van der Waals surface area contributed by atoms with Crippen LogP contribution in [-0.2, 0) is 14.3 Å². The van der Waals surface area contributed by atoms with E-state index in [2.05, 4.69) is 5.32 Å². The standard InChI is InChI=1S/C16H28N2O3/c1-16(2,3)14-15(20)18(9-8-13(19)17-14)10-11-21-12-6-4-5-7-12/h12,14H,4-11H2,1-3H3,(H,17,19). The molecule has 0 aromatic carbocycles. The summed E-state index contributed by atoms with van der Waals surface area (Å²) in [5.74, 6) is -0.0224. The summed E-state index contributed by atoms with van der Waals surface area (Å²) in [6.07, 6.45) is 5.51. The molecule has 2 amide bonds. The van der Waals surface area contributed by atoms with E-state index in [-0.39, 0.29) is 17.2 Å². The third-order valence-electron chi connectivity index (χ3n) is 4.36. The highest BCUT2D eigenvalue weighted by Gasteiger charge is 2.37. The van der Waals surface area contributed by atoms with E-state index >= 15 is 0 Å². The Balaban J connectivity index is 1.90. The Morgan fingerprint density at radius 2 is 1.90 bits per heavy atom. The molecule has 0 bridgehead atoms. The molecule has 1 unspecified atom stereocenters. The Morgan fingerprint density at radius 1 is 1.24 bits per heavy atom. The third kappa shape index (κ3) is 4.43. The van der Waals surface area contributed by atoms with Crippen molar-refractivity contribution in [2.75, 3.05) is 19.7 Å². The van der Waals surface area contributed by atoms with Gasteiger partial charge in [-0.2, -0.15) is 0 Å². The van der Waals surface area contributed by atoms with Crippen molar-refractivity contribution in [3.05, 3.63) is 0 Å². The normalized spacial score (nSPS) is 25.1. The number of hydrogen-bond donors (Lipinski definition) is 1. The van der Waals surface area contributed by atoms with Crippen molar-refractivity contribution in [2.24, 2.45) is 5.41 Å². The van der Waals surface area contributed by atoms with E-state index in [1.165, 1.54) is 12.8 Å². The highest BCUT2D eigenvalue weighted by Crippen LogP contribution is 2.23. The van der Waals surface area contributed by atoms with E-state index in [9.17, 15) is 9.59 Å². The minimum atomic E-state index is -0.445. The van der Waals surface area contributed by atoms with Crippen molar-refractivity contribution in [3.8, 4) is 0 Å². The second-order valence-electron chi connectivity index (χ2n) is 7.22. The van der Waals surface area contributed by atoms with Gasteiger partial charge in [0.2, 0.25) is 11.8 Å². The van der Waals surface area contributed by atoms with Gasteiger partial charge >= 0.3 is 0 Å². The Labute approximate surface area is 127 Å². The number of ether oxygens (including phenoxy) is 1. The number of nitrogens with zero attached hydrogens (tertiary/aromatic N) is 1. The second-order valence-corrected chi connectivity index (χ2v) is 7.22. The Morgan fingerprint density at radius 3 is 2.52 bits per heavy atom. The molecule has 1 atom stereocenters. The maximum absolute atomic E-state index is 12.6. The topological polar surface area (TPSA) is 58.6 Å². The Kier molecular flexibility index (Phi) is 5.25. The summed E-state index contributed by atoms with van der Waals surface area (Å²) < 4.78 is 5.84. The number of nitrogens with one attached hydrogen (secondary N) is 1.